The number of pyridine rings is 1. The predicted octanol–water partition coefficient (Wildman–Crippen LogP) is 3.60. The third kappa shape index (κ3) is 4.34. The van der Waals surface area contributed by atoms with Crippen LogP contribution in [0.5, 0.6) is 11.5 Å². The summed E-state index contributed by atoms with van der Waals surface area (Å²) in [5.41, 5.74) is 1.30. The fraction of sp³-hybridized carbons (Fsp3) is 0.143. The van der Waals surface area contributed by atoms with Gasteiger partial charge in [-0.2, -0.15) is 10.4 Å². The molecule has 11 heteroatoms. The van der Waals surface area contributed by atoms with Crippen molar-refractivity contribution in [3.8, 4) is 17.6 Å². The number of benzene rings is 1. The molecular formula is C21H17F2N7O2. The van der Waals surface area contributed by atoms with Gasteiger partial charge >= 0.3 is 6.03 Å². The van der Waals surface area contributed by atoms with Gasteiger partial charge in [0.1, 0.15) is 17.5 Å². The molecule has 162 valence electrons. The van der Waals surface area contributed by atoms with Crippen molar-refractivity contribution in [2.45, 2.75) is 6.42 Å². The average Bonchev–Trinajstić information content (AvgIpc) is 3.37. The van der Waals surface area contributed by atoms with Crippen molar-refractivity contribution in [3.63, 3.8) is 0 Å². The number of amides is 2. The number of carbonyl (C=O) groups excluding carboxylic acids is 1. The fourth-order valence-electron chi connectivity index (χ4n) is 3.12. The first-order valence-corrected chi connectivity index (χ1v) is 9.51. The Morgan fingerprint density at radius 2 is 2.09 bits per heavy atom. The van der Waals surface area contributed by atoms with Gasteiger partial charge in [0.05, 0.1) is 16.6 Å². The highest BCUT2D eigenvalue weighted by atomic mass is 19.1. The van der Waals surface area contributed by atoms with Gasteiger partial charge < -0.3 is 20.4 Å². The first kappa shape index (κ1) is 20.8. The molecule has 4 aromatic rings. The van der Waals surface area contributed by atoms with Crippen LogP contribution in [0.15, 0.2) is 42.9 Å². The van der Waals surface area contributed by atoms with E-state index >= 15 is 0 Å². The fourth-order valence-corrected chi connectivity index (χ4v) is 3.12. The molecule has 0 radical (unpaired) electrons. The van der Waals surface area contributed by atoms with Crippen LogP contribution in [-0.4, -0.2) is 32.3 Å². The number of urea groups is 1. The zero-order valence-electron chi connectivity index (χ0n) is 16.8. The molecule has 4 rings (SSSR count). The molecule has 2 amide bonds. The van der Waals surface area contributed by atoms with E-state index in [1.807, 2.05) is 12.1 Å². The minimum Gasteiger partial charge on any atom is -0.450 e. The van der Waals surface area contributed by atoms with Crippen molar-refractivity contribution in [3.05, 3.63) is 65.7 Å². The lowest BCUT2D eigenvalue weighted by molar-refractivity contribution is 0.252. The van der Waals surface area contributed by atoms with Crippen molar-refractivity contribution in [2.75, 3.05) is 11.9 Å². The molecule has 0 aliphatic heterocycles. The Hall–Kier alpha value is -4.46. The summed E-state index contributed by atoms with van der Waals surface area (Å²) in [4.78, 5) is 18.9. The molecule has 0 saturated heterocycles. The number of aromatic nitrogens is 4. The van der Waals surface area contributed by atoms with Gasteiger partial charge in [-0.3, -0.25) is 4.68 Å². The topological polar surface area (TPSA) is 121 Å². The predicted molar refractivity (Wildman–Crippen MR) is 111 cm³/mol. The van der Waals surface area contributed by atoms with Gasteiger partial charge in [0.2, 0.25) is 0 Å². The largest absolute Gasteiger partial charge is 0.450 e. The summed E-state index contributed by atoms with van der Waals surface area (Å²) in [6.45, 7) is 0.297. The summed E-state index contributed by atoms with van der Waals surface area (Å²) in [5, 5.41) is 18.7. The van der Waals surface area contributed by atoms with Crippen molar-refractivity contribution >= 4 is 22.8 Å². The number of H-pyrrole nitrogens is 1. The number of hydrogen-bond acceptors (Lipinski definition) is 5. The highest BCUT2D eigenvalue weighted by molar-refractivity contribution is 5.90. The number of nitriles is 1. The van der Waals surface area contributed by atoms with Crippen LogP contribution in [0.2, 0.25) is 0 Å². The smallest absolute Gasteiger partial charge is 0.319 e. The number of hydrogen-bond donors (Lipinski definition) is 3. The number of aryl methyl sites for hydroxylation is 1. The van der Waals surface area contributed by atoms with Gasteiger partial charge in [0.15, 0.2) is 17.4 Å². The van der Waals surface area contributed by atoms with Crippen LogP contribution in [0, 0.1) is 23.0 Å². The van der Waals surface area contributed by atoms with E-state index in [-0.39, 0.29) is 17.0 Å². The lowest BCUT2D eigenvalue weighted by Gasteiger charge is -2.12. The number of anilines is 1. The van der Waals surface area contributed by atoms with Gasteiger partial charge in [0.25, 0.3) is 0 Å². The Morgan fingerprint density at radius 3 is 2.78 bits per heavy atom. The number of carbonyl (C=O) groups is 1. The highest BCUT2D eigenvalue weighted by Gasteiger charge is 2.18. The van der Waals surface area contributed by atoms with E-state index in [9.17, 15) is 18.8 Å². The quantitative estimate of drug-likeness (QED) is 0.426. The third-order valence-corrected chi connectivity index (χ3v) is 4.56. The molecule has 0 aliphatic rings. The summed E-state index contributed by atoms with van der Waals surface area (Å²) in [5.74, 6) is -2.64. The van der Waals surface area contributed by atoms with E-state index in [0.717, 1.165) is 17.8 Å². The normalized spacial score (nSPS) is 10.7. The number of nitrogens with zero attached hydrogens (tertiary/aromatic N) is 4. The van der Waals surface area contributed by atoms with E-state index < -0.39 is 23.4 Å². The molecule has 3 heterocycles. The van der Waals surface area contributed by atoms with Crippen LogP contribution >= 0.6 is 0 Å². The molecule has 0 aliphatic carbocycles. The molecule has 1 aromatic carbocycles. The monoisotopic (exact) mass is 437 g/mol. The molecule has 32 heavy (non-hydrogen) atoms. The lowest BCUT2D eigenvalue weighted by Crippen LogP contribution is -2.30. The first-order chi connectivity index (χ1) is 15.4. The number of aromatic amines is 1. The molecule has 0 atom stereocenters. The second kappa shape index (κ2) is 8.73. The Morgan fingerprint density at radius 1 is 1.31 bits per heavy atom. The Bertz CT molecular complexity index is 1320. The van der Waals surface area contributed by atoms with Crippen LogP contribution < -0.4 is 15.4 Å². The maximum Gasteiger partial charge on any atom is 0.319 e. The minimum absolute atomic E-state index is 0.0681. The number of nitrogens with one attached hydrogen (secondary N) is 3. The zero-order chi connectivity index (χ0) is 22.7. The second-order valence-electron chi connectivity index (χ2n) is 6.83. The minimum atomic E-state index is -1.02. The molecule has 0 bridgehead atoms. The Labute approximate surface area is 180 Å². The third-order valence-electron chi connectivity index (χ3n) is 4.56. The zero-order valence-corrected chi connectivity index (χ0v) is 16.8. The van der Waals surface area contributed by atoms with Gasteiger partial charge in [-0.25, -0.2) is 18.6 Å². The summed E-state index contributed by atoms with van der Waals surface area (Å²) in [7, 11) is 1.79. The second-order valence-corrected chi connectivity index (χ2v) is 6.83. The standard InChI is InChI=1S/C21H17F2N7O2/c1-30-7-4-13(29-30)2-5-26-21(31)28-14-8-15(22)19(16(23)9-14)32-17-3-6-25-20-18(17)12(10-24)11-27-20/h3-4,6-9,11H,2,5H2,1H3,(H,25,27)(H2,26,28,31). The van der Waals surface area contributed by atoms with Gasteiger partial charge in [0, 0.05) is 56.4 Å². The molecule has 0 unspecified atom stereocenters. The number of rotatable bonds is 6. The van der Waals surface area contributed by atoms with E-state index in [0.29, 0.717) is 24.0 Å². The lowest BCUT2D eigenvalue weighted by atomic mass is 10.2. The molecular weight excluding hydrogens is 420 g/mol. The molecule has 9 nitrogen and oxygen atoms in total. The summed E-state index contributed by atoms with van der Waals surface area (Å²) >= 11 is 0. The average molecular weight is 437 g/mol. The van der Waals surface area contributed by atoms with E-state index in [1.54, 1.807) is 17.9 Å². The van der Waals surface area contributed by atoms with Crippen molar-refractivity contribution in [1.82, 2.24) is 25.1 Å². The summed E-state index contributed by atoms with van der Waals surface area (Å²) in [6.07, 6.45) is 5.11. The van der Waals surface area contributed by atoms with Crippen molar-refractivity contribution < 1.29 is 18.3 Å². The maximum atomic E-state index is 14.6. The van der Waals surface area contributed by atoms with E-state index in [1.165, 1.54) is 18.5 Å². The Kier molecular flexibility index (Phi) is 5.67. The number of fused-ring (bicyclic) bond motifs is 1. The van der Waals surface area contributed by atoms with Gasteiger partial charge in [-0.15, -0.1) is 0 Å². The first-order valence-electron chi connectivity index (χ1n) is 9.51. The molecule has 0 fully saturated rings. The van der Waals surface area contributed by atoms with Crippen LogP contribution in [0.3, 0.4) is 0 Å². The number of halogens is 2. The van der Waals surface area contributed by atoms with Gasteiger partial charge in [-0.05, 0) is 12.1 Å². The molecule has 3 N–H and O–H groups in total. The summed E-state index contributed by atoms with van der Waals surface area (Å²) < 4.78 is 36.3. The summed E-state index contributed by atoms with van der Waals surface area (Å²) in [6, 6.07) is 6.46. The molecule has 3 aromatic heterocycles. The van der Waals surface area contributed by atoms with E-state index in [2.05, 4.69) is 25.7 Å². The van der Waals surface area contributed by atoms with E-state index in [4.69, 9.17) is 4.74 Å². The van der Waals surface area contributed by atoms with Crippen LogP contribution in [-0.2, 0) is 13.5 Å². The van der Waals surface area contributed by atoms with Crippen LogP contribution in [0.1, 0.15) is 11.3 Å². The van der Waals surface area contributed by atoms with Crippen molar-refractivity contribution in [2.24, 2.45) is 7.05 Å². The SMILES string of the molecule is Cn1ccc(CCNC(=O)Nc2cc(F)c(Oc3ccnc4[nH]cc(C#N)c34)c(F)c2)n1. The van der Waals surface area contributed by atoms with Gasteiger partial charge in [-0.1, -0.05) is 0 Å². The highest BCUT2D eigenvalue weighted by Crippen LogP contribution is 2.34. The maximum absolute atomic E-state index is 14.6. The Balaban J connectivity index is 1.45. The molecule has 0 saturated carbocycles. The number of ether oxygens (including phenoxy) is 1. The molecule has 0 spiro atoms. The van der Waals surface area contributed by atoms with Crippen LogP contribution in [0.25, 0.3) is 11.0 Å². The van der Waals surface area contributed by atoms with Crippen molar-refractivity contribution in [1.29, 1.82) is 5.26 Å². The van der Waals surface area contributed by atoms with Crippen LogP contribution in [0.4, 0.5) is 19.3 Å².